The van der Waals surface area contributed by atoms with E-state index in [0.29, 0.717) is 28.0 Å². The van der Waals surface area contributed by atoms with Crippen molar-refractivity contribution in [3.05, 3.63) is 83.2 Å². The average molecular weight is 445 g/mol. The highest BCUT2D eigenvalue weighted by molar-refractivity contribution is 7.99. The molecule has 0 aliphatic carbocycles. The minimum absolute atomic E-state index is 0.126. The Hall–Kier alpha value is -3.25. The molecule has 0 saturated heterocycles. The predicted octanol–water partition coefficient (Wildman–Crippen LogP) is 6.66. The maximum absolute atomic E-state index is 12.5. The van der Waals surface area contributed by atoms with Gasteiger partial charge in [-0.05, 0) is 73.5 Å². The van der Waals surface area contributed by atoms with Gasteiger partial charge in [-0.15, -0.1) is 0 Å². The fourth-order valence-electron chi connectivity index (χ4n) is 3.74. The highest BCUT2D eigenvalue weighted by Gasteiger charge is 2.13. The van der Waals surface area contributed by atoms with Crippen LogP contribution in [0.25, 0.3) is 10.9 Å². The van der Waals surface area contributed by atoms with Crippen molar-refractivity contribution in [1.29, 1.82) is 0 Å². The highest BCUT2D eigenvalue weighted by atomic mass is 32.2. The molecule has 1 atom stereocenters. The number of aromatic amines is 1. The summed E-state index contributed by atoms with van der Waals surface area (Å²) in [4.78, 5) is 21.1. The molecule has 0 aliphatic rings. The van der Waals surface area contributed by atoms with Crippen molar-refractivity contribution >= 4 is 39.7 Å². The van der Waals surface area contributed by atoms with Crippen LogP contribution < -0.4 is 16.2 Å². The van der Waals surface area contributed by atoms with E-state index in [1.54, 1.807) is 6.07 Å². The van der Waals surface area contributed by atoms with Crippen LogP contribution in [0.5, 0.6) is 0 Å². The summed E-state index contributed by atoms with van der Waals surface area (Å²) in [5, 5.41) is 8.26. The van der Waals surface area contributed by atoms with E-state index >= 15 is 0 Å². The number of fused-ring (bicyclic) bond motifs is 1. The zero-order valence-corrected chi connectivity index (χ0v) is 19.4. The summed E-state index contributed by atoms with van der Waals surface area (Å²) in [5.74, 6) is 0.603. The molecule has 3 aromatic carbocycles. The van der Waals surface area contributed by atoms with Crippen molar-refractivity contribution in [2.45, 2.75) is 43.3 Å². The van der Waals surface area contributed by atoms with Gasteiger partial charge in [-0.2, -0.15) is 0 Å². The summed E-state index contributed by atoms with van der Waals surface area (Å²) in [7, 11) is 0. The molecule has 1 unspecified atom stereocenters. The van der Waals surface area contributed by atoms with Gasteiger partial charge < -0.3 is 15.6 Å². The van der Waals surface area contributed by atoms with Gasteiger partial charge in [0.1, 0.15) is 0 Å². The van der Waals surface area contributed by atoms with Gasteiger partial charge in [0.05, 0.1) is 10.9 Å². The van der Waals surface area contributed by atoms with Gasteiger partial charge in [-0.1, -0.05) is 44.2 Å². The van der Waals surface area contributed by atoms with Crippen LogP contribution >= 0.6 is 11.8 Å². The van der Waals surface area contributed by atoms with Crippen molar-refractivity contribution in [1.82, 2.24) is 9.97 Å². The number of hydrogen-bond donors (Lipinski definition) is 3. The monoisotopic (exact) mass is 444 g/mol. The van der Waals surface area contributed by atoms with Gasteiger partial charge in [0.15, 0.2) is 5.16 Å². The fraction of sp³-hybridized carbons (Fsp3) is 0.231. The average Bonchev–Trinajstić information content (AvgIpc) is 2.76. The number of rotatable bonds is 8. The van der Waals surface area contributed by atoms with Crippen molar-refractivity contribution in [2.75, 3.05) is 10.6 Å². The SMILES string of the molecule is CC(C)CC(C)Nc1ccc(Nc2ccccc2)cc1Sc1nc2ccccc2c(=O)[nH]1. The van der Waals surface area contributed by atoms with Crippen LogP contribution in [0.4, 0.5) is 17.1 Å². The Morgan fingerprint density at radius 3 is 2.47 bits per heavy atom. The van der Waals surface area contributed by atoms with Crippen LogP contribution in [0.15, 0.2) is 87.6 Å². The molecule has 6 heteroatoms. The quantitative estimate of drug-likeness (QED) is 0.265. The number of aromatic nitrogens is 2. The Kier molecular flexibility index (Phi) is 6.81. The second-order valence-electron chi connectivity index (χ2n) is 8.37. The van der Waals surface area contributed by atoms with E-state index in [1.807, 2.05) is 48.5 Å². The first-order valence-electron chi connectivity index (χ1n) is 10.9. The molecular weight excluding hydrogens is 416 g/mol. The van der Waals surface area contributed by atoms with E-state index in [1.165, 1.54) is 11.8 Å². The molecule has 0 saturated carbocycles. The highest BCUT2D eigenvalue weighted by Crippen LogP contribution is 2.35. The lowest BCUT2D eigenvalue weighted by Gasteiger charge is -2.20. The topological polar surface area (TPSA) is 69.8 Å². The van der Waals surface area contributed by atoms with Crippen molar-refractivity contribution in [3.8, 4) is 0 Å². The fourth-order valence-corrected chi connectivity index (χ4v) is 4.66. The van der Waals surface area contributed by atoms with E-state index in [9.17, 15) is 4.79 Å². The van der Waals surface area contributed by atoms with Gasteiger partial charge in [-0.25, -0.2) is 4.98 Å². The molecule has 5 nitrogen and oxygen atoms in total. The molecule has 32 heavy (non-hydrogen) atoms. The van der Waals surface area contributed by atoms with Crippen LogP contribution in [-0.4, -0.2) is 16.0 Å². The maximum Gasteiger partial charge on any atom is 0.259 e. The standard InChI is InChI=1S/C26H28N4OS/c1-17(2)15-18(3)27-23-14-13-20(28-19-9-5-4-6-10-19)16-24(23)32-26-29-22-12-8-7-11-21(22)25(31)30-26/h4-14,16-18,27-28H,15H2,1-3H3,(H,29,30,31). The van der Waals surface area contributed by atoms with Crippen LogP contribution in [0, 0.1) is 5.92 Å². The summed E-state index contributed by atoms with van der Waals surface area (Å²) in [5.41, 5.74) is 3.59. The van der Waals surface area contributed by atoms with E-state index in [-0.39, 0.29) is 5.56 Å². The molecule has 3 N–H and O–H groups in total. The third-order valence-electron chi connectivity index (χ3n) is 5.07. The lowest BCUT2D eigenvalue weighted by atomic mass is 10.1. The molecule has 0 aliphatic heterocycles. The van der Waals surface area contributed by atoms with E-state index in [2.05, 4.69) is 59.6 Å². The predicted molar refractivity (Wildman–Crippen MR) is 135 cm³/mol. The summed E-state index contributed by atoms with van der Waals surface area (Å²) in [6.45, 7) is 6.65. The van der Waals surface area contributed by atoms with Gasteiger partial charge in [0.25, 0.3) is 5.56 Å². The molecule has 4 rings (SSSR count). The van der Waals surface area contributed by atoms with E-state index < -0.39 is 0 Å². The second kappa shape index (κ2) is 9.92. The molecule has 4 aromatic rings. The lowest BCUT2D eigenvalue weighted by molar-refractivity contribution is 0.539. The maximum atomic E-state index is 12.5. The molecule has 0 spiro atoms. The molecule has 0 radical (unpaired) electrons. The molecular formula is C26H28N4OS. The van der Waals surface area contributed by atoms with Gasteiger partial charge in [0, 0.05) is 28.0 Å². The molecule has 0 bridgehead atoms. The number of benzene rings is 3. The van der Waals surface area contributed by atoms with Crippen LogP contribution in [0.3, 0.4) is 0 Å². The summed E-state index contributed by atoms with van der Waals surface area (Å²) < 4.78 is 0. The molecule has 1 aromatic heterocycles. The normalized spacial score (nSPS) is 12.1. The summed E-state index contributed by atoms with van der Waals surface area (Å²) in [6, 6.07) is 24.1. The van der Waals surface area contributed by atoms with E-state index in [4.69, 9.17) is 0 Å². The molecule has 0 fully saturated rings. The third-order valence-corrected chi connectivity index (χ3v) is 6.01. The first-order chi connectivity index (χ1) is 15.5. The van der Waals surface area contributed by atoms with Crippen LogP contribution in [0.2, 0.25) is 0 Å². The van der Waals surface area contributed by atoms with Crippen LogP contribution in [0.1, 0.15) is 27.2 Å². The van der Waals surface area contributed by atoms with Gasteiger partial charge >= 0.3 is 0 Å². The second-order valence-corrected chi connectivity index (χ2v) is 9.40. The minimum atomic E-state index is -0.126. The van der Waals surface area contributed by atoms with Crippen molar-refractivity contribution < 1.29 is 0 Å². The number of anilines is 3. The minimum Gasteiger partial charge on any atom is -0.382 e. The Morgan fingerprint density at radius 2 is 1.69 bits per heavy atom. The lowest BCUT2D eigenvalue weighted by Crippen LogP contribution is -2.18. The first kappa shape index (κ1) is 22.0. The number of hydrogen-bond acceptors (Lipinski definition) is 5. The molecule has 1 heterocycles. The number of nitrogens with one attached hydrogen (secondary N) is 3. The van der Waals surface area contributed by atoms with Gasteiger partial charge in [-0.3, -0.25) is 4.79 Å². The van der Waals surface area contributed by atoms with Crippen LogP contribution in [-0.2, 0) is 0 Å². The van der Waals surface area contributed by atoms with Crippen molar-refractivity contribution in [3.63, 3.8) is 0 Å². The summed E-state index contributed by atoms with van der Waals surface area (Å²) in [6.07, 6.45) is 1.07. The Morgan fingerprint density at radius 1 is 0.938 bits per heavy atom. The van der Waals surface area contributed by atoms with Crippen molar-refractivity contribution in [2.24, 2.45) is 5.92 Å². The zero-order valence-electron chi connectivity index (χ0n) is 18.6. The molecule has 0 amide bonds. The number of para-hydroxylation sites is 2. The Labute approximate surface area is 192 Å². The van der Waals surface area contributed by atoms with E-state index in [0.717, 1.165) is 28.4 Å². The largest absolute Gasteiger partial charge is 0.382 e. The number of H-pyrrole nitrogens is 1. The number of nitrogens with zero attached hydrogens (tertiary/aromatic N) is 1. The Balaban J connectivity index is 1.67. The smallest absolute Gasteiger partial charge is 0.259 e. The first-order valence-corrected chi connectivity index (χ1v) is 11.7. The Bertz CT molecular complexity index is 1250. The zero-order chi connectivity index (χ0) is 22.5. The summed E-state index contributed by atoms with van der Waals surface area (Å²) >= 11 is 1.46. The molecule has 164 valence electrons. The van der Waals surface area contributed by atoms with Gasteiger partial charge in [0.2, 0.25) is 0 Å². The third kappa shape index (κ3) is 5.51.